The number of fused-ring (bicyclic) bond motifs is 1. The van der Waals surface area contributed by atoms with Crippen LogP contribution in [0, 0.1) is 6.92 Å². The molecule has 1 fully saturated rings. The summed E-state index contributed by atoms with van der Waals surface area (Å²) in [5.41, 5.74) is 3.50. The van der Waals surface area contributed by atoms with Crippen molar-refractivity contribution in [2.24, 2.45) is 0 Å². The van der Waals surface area contributed by atoms with Gasteiger partial charge in [-0.05, 0) is 49.4 Å². The fourth-order valence-corrected chi connectivity index (χ4v) is 3.19. The Balaban J connectivity index is 1.58. The minimum atomic E-state index is -0.269. The molecule has 2 aromatic carbocycles. The van der Waals surface area contributed by atoms with Crippen LogP contribution in [0.4, 0.5) is 11.4 Å². The minimum absolute atomic E-state index is 0.212. The van der Waals surface area contributed by atoms with Gasteiger partial charge in [-0.3, -0.25) is 24.3 Å². The van der Waals surface area contributed by atoms with Crippen LogP contribution in [0.25, 0.3) is 10.9 Å². The normalized spacial score (nSPS) is 14.0. The number of amides is 3. The molecular weight excluding hydrogens is 342 g/mol. The van der Waals surface area contributed by atoms with Gasteiger partial charge in [0.2, 0.25) is 11.8 Å². The van der Waals surface area contributed by atoms with Crippen molar-refractivity contribution >= 4 is 40.0 Å². The highest BCUT2D eigenvalue weighted by Gasteiger charge is 2.30. The van der Waals surface area contributed by atoms with Crippen LogP contribution in [-0.4, -0.2) is 22.7 Å². The molecular formula is C21H17N3O3. The number of hydrogen-bond acceptors (Lipinski definition) is 4. The largest absolute Gasteiger partial charge is 0.321 e. The summed E-state index contributed by atoms with van der Waals surface area (Å²) in [6.07, 6.45) is 2.12. The Morgan fingerprint density at radius 2 is 1.70 bits per heavy atom. The van der Waals surface area contributed by atoms with Crippen LogP contribution in [0.15, 0.2) is 54.7 Å². The van der Waals surface area contributed by atoms with E-state index in [1.807, 2.05) is 25.1 Å². The van der Waals surface area contributed by atoms with Gasteiger partial charge in [0.1, 0.15) is 0 Å². The monoisotopic (exact) mass is 359 g/mol. The SMILES string of the molecule is Cc1ccc2nccc(NC(=O)c3ccc(N4C(=O)CCC4=O)cc3)c2c1. The zero-order valence-electron chi connectivity index (χ0n) is 14.7. The first-order valence-corrected chi connectivity index (χ1v) is 8.65. The number of rotatable bonds is 3. The number of hydrogen-bond donors (Lipinski definition) is 1. The van der Waals surface area contributed by atoms with Gasteiger partial charge in [0.15, 0.2) is 0 Å². The molecule has 3 aromatic rings. The molecule has 4 rings (SSSR count). The van der Waals surface area contributed by atoms with E-state index in [4.69, 9.17) is 0 Å². The van der Waals surface area contributed by atoms with Gasteiger partial charge >= 0.3 is 0 Å². The zero-order valence-corrected chi connectivity index (χ0v) is 14.7. The lowest BCUT2D eigenvalue weighted by Crippen LogP contribution is -2.28. The number of aryl methyl sites for hydroxylation is 1. The standard InChI is InChI=1S/C21H17N3O3/c1-13-2-7-17-16(12-13)18(10-11-22-17)23-21(27)14-3-5-15(6-4-14)24-19(25)8-9-20(24)26/h2-7,10-12H,8-9H2,1H3,(H,22,23,27). The van der Waals surface area contributed by atoms with Crippen LogP contribution < -0.4 is 10.2 Å². The van der Waals surface area contributed by atoms with Crippen LogP contribution in [0.1, 0.15) is 28.8 Å². The van der Waals surface area contributed by atoms with E-state index in [2.05, 4.69) is 10.3 Å². The Labute approximate surface area is 155 Å². The maximum atomic E-state index is 12.6. The molecule has 0 bridgehead atoms. The Kier molecular flexibility index (Phi) is 4.16. The molecule has 27 heavy (non-hydrogen) atoms. The molecule has 0 spiro atoms. The lowest BCUT2D eigenvalue weighted by Gasteiger charge is -2.14. The summed E-state index contributed by atoms with van der Waals surface area (Å²) in [4.78, 5) is 41.7. The van der Waals surface area contributed by atoms with E-state index in [1.54, 1.807) is 36.5 Å². The van der Waals surface area contributed by atoms with Gasteiger partial charge in [-0.2, -0.15) is 0 Å². The first kappa shape index (κ1) is 16.9. The van der Waals surface area contributed by atoms with E-state index in [-0.39, 0.29) is 30.6 Å². The number of pyridine rings is 1. The first-order chi connectivity index (χ1) is 13.0. The molecule has 1 aromatic heterocycles. The molecule has 0 aliphatic carbocycles. The van der Waals surface area contributed by atoms with Crippen molar-refractivity contribution in [1.82, 2.24) is 4.98 Å². The number of imide groups is 1. The van der Waals surface area contributed by atoms with E-state index in [9.17, 15) is 14.4 Å². The van der Waals surface area contributed by atoms with E-state index in [0.717, 1.165) is 16.5 Å². The topological polar surface area (TPSA) is 79.4 Å². The third-order valence-corrected chi connectivity index (χ3v) is 4.58. The Hall–Kier alpha value is -3.54. The molecule has 1 aliphatic rings. The fourth-order valence-electron chi connectivity index (χ4n) is 3.19. The molecule has 1 N–H and O–H groups in total. The second kappa shape index (κ2) is 6.64. The minimum Gasteiger partial charge on any atom is -0.321 e. The quantitative estimate of drug-likeness (QED) is 0.727. The van der Waals surface area contributed by atoms with Crippen LogP contribution in [0.5, 0.6) is 0 Å². The molecule has 6 heteroatoms. The van der Waals surface area contributed by atoms with E-state index in [1.165, 1.54) is 4.90 Å². The lowest BCUT2D eigenvalue weighted by molar-refractivity contribution is -0.121. The van der Waals surface area contributed by atoms with E-state index >= 15 is 0 Å². The Morgan fingerprint density at radius 3 is 2.41 bits per heavy atom. The zero-order chi connectivity index (χ0) is 19.0. The second-order valence-electron chi connectivity index (χ2n) is 6.50. The molecule has 1 saturated heterocycles. The smallest absolute Gasteiger partial charge is 0.255 e. The van der Waals surface area contributed by atoms with Gasteiger partial charge in [-0.1, -0.05) is 11.6 Å². The van der Waals surface area contributed by atoms with Gasteiger partial charge in [-0.15, -0.1) is 0 Å². The lowest BCUT2D eigenvalue weighted by atomic mass is 10.1. The highest BCUT2D eigenvalue weighted by atomic mass is 16.2. The molecule has 0 radical (unpaired) electrons. The summed E-state index contributed by atoms with van der Waals surface area (Å²) >= 11 is 0. The number of nitrogens with one attached hydrogen (secondary N) is 1. The van der Waals surface area contributed by atoms with Crippen LogP contribution in [-0.2, 0) is 9.59 Å². The highest BCUT2D eigenvalue weighted by molar-refractivity contribution is 6.20. The van der Waals surface area contributed by atoms with Gasteiger partial charge in [-0.25, -0.2) is 0 Å². The van der Waals surface area contributed by atoms with Gasteiger partial charge in [0.05, 0.1) is 16.9 Å². The van der Waals surface area contributed by atoms with E-state index in [0.29, 0.717) is 16.9 Å². The van der Waals surface area contributed by atoms with Crippen molar-refractivity contribution in [2.45, 2.75) is 19.8 Å². The summed E-state index contributed by atoms with van der Waals surface area (Å²) in [5, 5.41) is 3.78. The molecule has 3 amide bonds. The highest BCUT2D eigenvalue weighted by Crippen LogP contribution is 2.25. The van der Waals surface area contributed by atoms with Crippen molar-refractivity contribution in [3.05, 3.63) is 65.9 Å². The van der Waals surface area contributed by atoms with Crippen LogP contribution in [0.3, 0.4) is 0 Å². The fraction of sp³-hybridized carbons (Fsp3) is 0.143. The Morgan fingerprint density at radius 1 is 1.00 bits per heavy atom. The third kappa shape index (κ3) is 3.17. The summed E-state index contributed by atoms with van der Waals surface area (Å²) in [6.45, 7) is 1.98. The summed E-state index contributed by atoms with van der Waals surface area (Å²) in [7, 11) is 0. The maximum absolute atomic E-state index is 12.6. The van der Waals surface area contributed by atoms with Crippen molar-refractivity contribution in [2.75, 3.05) is 10.2 Å². The van der Waals surface area contributed by atoms with Crippen LogP contribution >= 0.6 is 0 Å². The summed E-state index contributed by atoms with van der Waals surface area (Å²) in [5.74, 6) is -0.693. The molecule has 0 saturated carbocycles. The predicted molar refractivity (Wildman–Crippen MR) is 103 cm³/mol. The van der Waals surface area contributed by atoms with Crippen LogP contribution in [0.2, 0.25) is 0 Å². The molecule has 1 aliphatic heterocycles. The average Bonchev–Trinajstić information content (AvgIpc) is 3.00. The van der Waals surface area contributed by atoms with Gasteiger partial charge < -0.3 is 5.32 Å². The number of carbonyl (C=O) groups excluding carboxylic acids is 3. The van der Waals surface area contributed by atoms with Gasteiger partial charge in [0, 0.05) is 30.0 Å². The van der Waals surface area contributed by atoms with Crippen molar-refractivity contribution in [3.63, 3.8) is 0 Å². The first-order valence-electron chi connectivity index (χ1n) is 8.65. The summed E-state index contributed by atoms with van der Waals surface area (Å²) < 4.78 is 0. The summed E-state index contributed by atoms with van der Waals surface area (Å²) in [6, 6.07) is 14.1. The third-order valence-electron chi connectivity index (χ3n) is 4.58. The molecule has 134 valence electrons. The van der Waals surface area contributed by atoms with Crippen molar-refractivity contribution in [3.8, 4) is 0 Å². The Bertz CT molecular complexity index is 1060. The second-order valence-corrected chi connectivity index (χ2v) is 6.50. The maximum Gasteiger partial charge on any atom is 0.255 e. The molecule has 6 nitrogen and oxygen atoms in total. The van der Waals surface area contributed by atoms with Crippen molar-refractivity contribution < 1.29 is 14.4 Å². The van der Waals surface area contributed by atoms with Gasteiger partial charge in [0.25, 0.3) is 5.91 Å². The number of nitrogens with zero attached hydrogens (tertiary/aromatic N) is 2. The number of aromatic nitrogens is 1. The number of carbonyl (C=O) groups is 3. The average molecular weight is 359 g/mol. The molecule has 0 atom stereocenters. The van der Waals surface area contributed by atoms with Crippen molar-refractivity contribution in [1.29, 1.82) is 0 Å². The van der Waals surface area contributed by atoms with E-state index < -0.39 is 0 Å². The number of anilines is 2. The number of benzene rings is 2. The molecule has 2 heterocycles. The molecule has 0 unspecified atom stereocenters. The predicted octanol–water partition coefficient (Wildman–Crippen LogP) is 3.45.